The van der Waals surface area contributed by atoms with Crippen LogP contribution in [-0.2, 0) is 13.1 Å². The van der Waals surface area contributed by atoms with E-state index < -0.39 is 0 Å². The number of hydrogen-bond donors (Lipinski definition) is 1. The number of carbonyl (C=O) groups excluding carboxylic acids is 1. The predicted octanol–water partition coefficient (Wildman–Crippen LogP) is 4.32. The van der Waals surface area contributed by atoms with Gasteiger partial charge < -0.3 is 10.2 Å². The van der Waals surface area contributed by atoms with Crippen molar-refractivity contribution < 1.29 is 9.18 Å². The SMILES string of the molecule is CN(Cc1ccc2ccccc2c1)C(=O)NCc1ccccc1F. The smallest absolute Gasteiger partial charge is 0.317 e. The lowest BCUT2D eigenvalue weighted by Crippen LogP contribution is -2.36. The molecule has 0 fully saturated rings. The van der Waals surface area contributed by atoms with Crippen molar-refractivity contribution in [1.82, 2.24) is 10.2 Å². The Kier molecular flexibility index (Phi) is 4.75. The van der Waals surface area contributed by atoms with Crippen LogP contribution < -0.4 is 5.32 Å². The fraction of sp³-hybridized carbons (Fsp3) is 0.150. The van der Waals surface area contributed by atoms with Crippen LogP contribution in [-0.4, -0.2) is 18.0 Å². The Bertz CT molecular complexity index is 863. The van der Waals surface area contributed by atoms with E-state index in [4.69, 9.17) is 0 Å². The Morgan fingerprint density at radius 3 is 2.50 bits per heavy atom. The minimum atomic E-state index is -0.310. The van der Waals surface area contributed by atoms with Gasteiger partial charge in [0.15, 0.2) is 0 Å². The van der Waals surface area contributed by atoms with Gasteiger partial charge in [0, 0.05) is 25.7 Å². The molecule has 0 atom stereocenters. The molecular formula is C20H19FN2O. The minimum Gasteiger partial charge on any atom is -0.334 e. The van der Waals surface area contributed by atoms with Gasteiger partial charge in [-0.2, -0.15) is 0 Å². The second-order valence-corrected chi connectivity index (χ2v) is 5.79. The van der Waals surface area contributed by atoms with E-state index in [1.54, 1.807) is 30.1 Å². The van der Waals surface area contributed by atoms with Gasteiger partial charge in [-0.3, -0.25) is 0 Å². The van der Waals surface area contributed by atoms with Gasteiger partial charge in [-0.1, -0.05) is 54.6 Å². The highest BCUT2D eigenvalue weighted by molar-refractivity contribution is 5.83. The Balaban J connectivity index is 1.61. The van der Waals surface area contributed by atoms with Gasteiger partial charge in [-0.05, 0) is 28.5 Å². The van der Waals surface area contributed by atoms with E-state index in [1.807, 2.05) is 18.2 Å². The summed E-state index contributed by atoms with van der Waals surface area (Å²) in [7, 11) is 1.73. The number of nitrogens with zero attached hydrogens (tertiary/aromatic N) is 1. The normalized spacial score (nSPS) is 10.6. The first-order chi connectivity index (χ1) is 11.6. The van der Waals surface area contributed by atoms with Gasteiger partial charge in [0.2, 0.25) is 0 Å². The van der Waals surface area contributed by atoms with Crippen molar-refractivity contribution in [1.29, 1.82) is 0 Å². The third-order valence-corrected chi connectivity index (χ3v) is 3.97. The summed E-state index contributed by atoms with van der Waals surface area (Å²) >= 11 is 0. The van der Waals surface area contributed by atoms with Crippen molar-refractivity contribution in [3.63, 3.8) is 0 Å². The molecule has 3 rings (SSSR count). The molecule has 3 aromatic carbocycles. The Morgan fingerprint density at radius 1 is 1.00 bits per heavy atom. The molecule has 1 N–H and O–H groups in total. The highest BCUT2D eigenvalue weighted by atomic mass is 19.1. The van der Waals surface area contributed by atoms with Crippen molar-refractivity contribution in [2.75, 3.05) is 7.05 Å². The van der Waals surface area contributed by atoms with Crippen LogP contribution in [0.1, 0.15) is 11.1 Å². The molecule has 0 bridgehead atoms. The Hall–Kier alpha value is -2.88. The van der Waals surface area contributed by atoms with E-state index in [9.17, 15) is 9.18 Å². The average Bonchev–Trinajstić information content (AvgIpc) is 2.60. The number of fused-ring (bicyclic) bond motifs is 1. The summed E-state index contributed by atoms with van der Waals surface area (Å²) in [5, 5.41) is 5.07. The zero-order chi connectivity index (χ0) is 16.9. The third-order valence-electron chi connectivity index (χ3n) is 3.97. The maximum Gasteiger partial charge on any atom is 0.317 e. The molecule has 3 aromatic rings. The lowest BCUT2D eigenvalue weighted by molar-refractivity contribution is 0.206. The molecule has 122 valence electrons. The first-order valence-corrected chi connectivity index (χ1v) is 7.83. The second kappa shape index (κ2) is 7.13. The molecule has 0 aromatic heterocycles. The average molecular weight is 322 g/mol. The highest BCUT2D eigenvalue weighted by Crippen LogP contribution is 2.16. The van der Waals surface area contributed by atoms with Crippen LogP contribution in [0, 0.1) is 5.82 Å². The first-order valence-electron chi connectivity index (χ1n) is 7.83. The predicted molar refractivity (Wildman–Crippen MR) is 94.1 cm³/mol. The minimum absolute atomic E-state index is 0.174. The number of halogens is 1. The number of carbonyl (C=O) groups is 1. The van der Waals surface area contributed by atoms with E-state index in [2.05, 4.69) is 29.6 Å². The Labute approximate surface area is 140 Å². The van der Waals surface area contributed by atoms with Gasteiger partial charge in [-0.15, -0.1) is 0 Å². The van der Waals surface area contributed by atoms with Crippen molar-refractivity contribution in [3.8, 4) is 0 Å². The van der Waals surface area contributed by atoms with Crippen molar-refractivity contribution >= 4 is 16.8 Å². The summed E-state index contributed by atoms with van der Waals surface area (Å²) in [5.41, 5.74) is 1.53. The quantitative estimate of drug-likeness (QED) is 0.762. The molecule has 0 aliphatic carbocycles. The Morgan fingerprint density at radius 2 is 1.71 bits per heavy atom. The molecular weight excluding hydrogens is 303 g/mol. The van der Waals surface area contributed by atoms with E-state index >= 15 is 0 Å². The number of amides is 2. The third kappa shape index (κ3) is 3.71. The van der Waals surface area contributed by atoms with E-state index in [1.165, 1.54) is 11.5 Å². The second-order valence-electron chi connectivity index (χ2n) is 5.79. The maximum absolute atomic E-state index is 13.6. The fourth-order valence-electron chi connectivity index (χ4n) is 2.63. The molecule has 0 spiro atoms. The summed E-state index contributed by atoms with van der Waals surface area (Å²) in [6.45, 7) is 0.668. The molecule has 0 radical (unpaired) electrons. The number of urea groups is 1. The summed E-state index contributed by atoms with van der Waals surface area (Å²) in [6, 6.07) is 20.5. The number of hydrogen-bond acceptors (Lipinski definition) is 1. The lowest BCUT2D eigenvalue weighted by Gasteiger charge is -2.18. The van der Waals surface area contributed by atoms with Crippen molar-refractivity contribution in [2.24, 2.45) is 0 Å². The summed E-state index contributed by atoms with van der Waals surface area (Å²) in [4.78, 5) is 13.8. The van der Waals surface area contributed by atoms with Crippen molar-refractivity contribution in [3.05, 3.63) is 83.7 Å². The van der Waals surface area contributed by atoms with E-state index in [0.29, 0.717) is 12.1 Å². The fourth-order valence-corrected chi connectivity index (χ4v) is 2.63. The largest absolute Gasteiger partial charge is 0.334 e. The molecule has 3 nitrogen and oxygen atoms in total. The molecule has 0 heterocycles. The van der Waals surface area contributed by atoms with Gasteiger partial charge in [0.1, 0.15) is 5.82 Å². The zero-order valence-electron chi connectivity index (χ0n) is 13.5. The summed E-state index contributed by atoms with van der Waals surface area (Å²) in [5.74, 6) is -0.310. The molecule has 0 unspecified atom stereocenters. The standard InChI is InChI=1S/C20H19FN2O/c1-23(20(24)22-13-18-8-4-5-9-19(18)21)14-15-10-11-16-6-2-3-7-17(16)12-15/h2-12H,13-14H2,1H3,(H,22,24). The number of rotatable bonds is 4. The summed E-state index contributed by atoms with van der Waals surface area (Å²) in [6.07, 6.45) is 0. The van der Waals surface area contributed by atoms with E-state index in [-0.39, 0.29) is 18.4 Å². The van der Waals surface area contributed by atoms with Gasteiger partial charge in [0.05, 0.1) is 0 Å². The van der Waals surface area contributed by atoms with Gasteiger partial charge >= 0.3 is 6.03 Å². The number of benzene rings is 3. The molecule has 4 heteroatoms. The maximum atomic E-state index is 13.6. The monoisotopic (exact) mass is 322 g/mol. The first kappa shape index (κ1) is 16.0. The van der Waals surface area contributed by atoms with Gasteiger partial charge in [-0.25, -0.2) is 9.18 Å². The molecule has 0 aliphatic rings. The van der Waals surface area contributed by atoms with Crippen molar-refractivity contribution in [2.45, 2.75) is 13.1 Å². The topological polar surface area (TPSA) is 32.3 Å². The molecule has 2 amide bonds. The molecule has 0 saturated heterocycles. The summed E-state index contributed by atoms with van der Waals surface area (Å²) < 4.78 is 13.6. The zero-order valence-corrected chi connectivity index (χ0v) is 13.5. The van der Waals surface area contributed by atoms with Crippen LogP contribution >= 0.6 is 0 Å². The molecule has 0 saturated carbocycles. The lowest BCUT2D eigenvalue weighted by atomic mass is 10.1. The van der Waals surface area contributed by atoms with Crippen LogP contribution in [0.3, 0.4) is 0 Å². The highest BCUT2D eigenvalue weighted by Gasteiger charge is 2.10. The molecule has 0 aliphatic heterocycles. The van der Waals surface area contributed by atoms with Gasteiger partial charge in [0.25, 0.3) is 0 Å². The van der Waals surface area contributed by atoms with Crippen LogP contribution in [0.25, 0.3) is 10.8 Å². The van der Waals surface area contributed by atoms with Crippen LogP contribution in [0.15, 0.2) is 66.7 Å². The van der Waals surface area contributed by atoms with Crippen LogP contribution in [0.4, 0.5) is 9.18 Å². The molecule has 24 heavy (non-hydrogen) atoms. The van der Waals surface area contributed by atoms with Crippen LogP contribution in [0.2, 0.25) is 0 Å². The number of nitrogens with one attached hydrogen (secondary N) is 1. The van der Waals surface area contributed by atoms with Crippen LogP contribution in [0.5, 0.6) is 0 Å². The van der Waals surface area contributed by atoms with E-state index in [0.717, 1.165) is 10.9 Å².